The van der Waals surface area contributed by atoms with Gasteiger partial charge in [-0.2, -0.15) is 57.4 Å². The van der Waals surface area contributed by atoms with Crippen molar-refractivity contribution >= 4 is 45.5 Å². The monoisotopic (exact) mass is 1990 g/mol. The lowest BCUT2D eigenvalue weighted by molar-refractivity contribution is -0.601. The molecule has 3 aromatic heterocycles. The van der Waals surface area contributed by atoms with Crippen LogP contribution in [0.2, 0.25) is 0 Å². The minimum atomic E-state index is -4.51. The summed E-state index contributed by atoms with van der Waals surface area (Å²) < 4.78 is 208. The Morgan fingerprint density at radius 2 is 0.741 bits per heavy atom. The minimum Gasteiger partial charge on any atom is -0.618 e. The summed E-state index contributed by atoms with van der Waals surface area (Å²) in [7, 11) is -3.43. The molecule has 0 saturated carbocycles. The van der Waals surface area contributed by atoms with E-state index in [2.05, 4.69) is 20.4 Å². The number of amides is 4. The fourth-order valence-corrected chi connectivity index (χ4v) is 19.0. The summed E-state index contributed by atoms with van der Waals surface area (Å²) in [5, 5.41) is 12.9. The van der Waals surface area contributed by atoms with Crippen molar-refractivity contribution in [2.24, 2.45) is 0 Å². The third-order valence-electron chi connectivity index (χ3n) is 25.9. The fraction of sp³-hybridized carbons (Fsp3) is 0.324. The highest BCUT2D eigenvalue weighted by atomic mass is 32.2. The van der Waals surface area contributed by atoms with E-state index in [1.807, 2.05) is 158 Å². The molecule has 4 aliphatic rings. The second-order valence-electron chi connectivity index (χ2n) is 37.9. The van der Waals surface area contributed by atoms with Crippen LogP contribution in [0.25, 0.3) is 50.5 Å². The molecular weight excluding hydrogens is 1880 g/mol. The van der Waals surface area contributed by atoms with Crippen molar-refractivity contribution in [1.29, 1.82) is 0 Å². The van der Waals surface area contributed by atoms with Crippen molar-refractivity contribution in [3.8, 4) is 44.9 Å². The highest BCUT2D eigenvalue weighted by molar-refractivity contribution is 7.90. The number of pyridine rings is 3. The number of aryl methyl sites for hydroxylation is 11. The quantitative estimate of drug-likeness (QED) is 0.0343. The average molecular weight is 1990 g/mol. The Labute approximate surface area is 823 Å². The van der Waals surface area contributed by atoms with Gasteiger partial charge in [-0.3, -0.25) is 24.6 Å². The maximum atomic E-state index is 13.4. The van der Waals surface area contributed by atoms with E-state index in [4.69, 9.17) is 34.6 Å². The van der Waals surface area contributed by atoms with Gasteiger partial charge in [0.25, 0.3) is 0 Å². The lowest BCUT2D eigenvalue weighted by atomic mass is 9.93. The van der Waals surface area contributed by atoms with E-state index in [-0.39, 0.29) is 42.6 Å². The van der Waals surface area contributed by atoms with E-state index in [9.17, 15) is 85.5 Å². The second-order valence-corrected chi connectivity index (χ2v) is 39.9. The number of nitrogens with zero attached hydrogens (tertiary/aromatic N) is 7. The number of nitrogen functional groups attached to an aromatic ring is 1. The highest BCUT2D eigenvalue weighted by Gasteiger charge is 2.47. The molecule has 0 unspecified atom stereocenters. The van der Waals surface area contributed by atoms with Crippen molar-refractivity contribution in [2.75, 3.05) is 12.0 Å². The predicted octanol–water partition coefficient (Wildman–Crippen LogP) is 27.8. The van der Waals surface area contributed by atoms with Crippen LogP contribution in [0.15, 0.2) is 218 Å². The molecule has 0 radical (unpaired) electrons. The Kier molecular flexibility index (Phi) is 31.1. The molecule has 0 bridgehead atoms. The Hall–Kier alpha value is -14.0. The minimum absolute atomic E-state index is 0.147. The number of carbonyl (C=O) groups excluding carboxylic acids is 4. The molecule has 4 aliphatic heterocycles. The number of rotatable bonds is 19. The van der Waals surface area contributed by atoms with Gasteiger partial charge in [-0.15, -0.1) is 0 Å². The van der Waals surface area contributed by atoms with Gasteiger partial charge in [-0.05, 0) is 274 Å². The first-order chi connectivity index (χ1) is 66.8. The number of halogens is 12. The maximum Gasteiger partial charge on any atom is 0.416 e. The van der Waals surface area contributed by atoms with Crippen molar-refractivity contribution in [2.45, 2.75) is 235 Å². The van der Waals surface area contributed by atoms with Crippen molar-refractivity contribution in [1.82, 2.24) is 29.6 Å². The summed E-state index contributed by atoms with van der Waals surface area (Å²) >= 11 is 0. The van der Waals surface area contributed by atoms with E-state index in [1.165, 1.54) is 9.80 Å². The van der Waals surface area contributed by atoms with Crippen LogP contribution in [0.4, 0.5) is 77.6 Å². The molecule has 12 aromatic rings. The number of alkyl halides is 12. The molecule has 8 atom stereocenters. The summed E-state index contributed by atoms with van der Waals surface area (Å²) in [5.41, 5.74) is 24.4. The molecule has 16 rings (SSSR count). The SMILES string of the molecule is C=C(C)c1cccc(-c2ccc(C)cc2CN2C(=O)O[C@H](c3cc(C)cc(C(F)(F)F)c3)[C@@H]2C)n1.Cc1cc([C@H]2OC(=O)N(Cc3cc(C)ccc3-c3c(C)ccc(C)[n+]3[O-])[C@H]2C)cc(C(F)(F)F)c1.Cc1cc([C@H]2OC(=O)N(Cc3cc(C)ccc3-c3cc(S(C)(=O)=O)ccc3C)[C@H]2C)cc(C(F)(F)F)c1.Cc1cc([C@H]2OC(=O)N(Cc3cc(C)ccc3-c3nc(C(C)C)ccc3N)[C@H]2C)cc(C(F)(F)F)c1. The molecule has 4 amide bonds. The van der Waals surface area contributed by atoms with Gasteiger partial charge in [-0.25, -0.2) is 32.6 Å². The number of cyclic esters (lactones) is 4. The molecule has 4 fully saturated rings. The number of aromatic nitrogens is 3. The van der Waals surface area contributed by atoms with Crippen LogP contribution in [0, 0.1) is 81.4 Å². The van der Waals surface area contributed by atoms with Gasteiger partial charge < -0.3 is 29.9 Å². The van der Waals surface area contributed by atoms with Gasteiger partial charge in [0, 0.05) is 41.6 Å². The molecule has 7 heterocycles. The third kappa shape index (κ3) is 24.3. The number of carbonyl (C=O) groups is 4. The number of hydrogen-bond acceptors (Lipinski definition) is 14. The van der Waals surface area contributed by atoms with Gasteiger partial charge in [0.05, 0.1) is 106 Å². The number of hydrogen-bond donors (Lipinski definition) is 1. The predicted molar refractivity (Wildman–Crippen MR) is 523 cm³/mol. The zero-order valence-electron chi connectivity index (χ0n) is 82.5. The normalized spacial score (nSPS) is 18.2. The molecule has 143 heavy (non-hydrogen) atoms. The Morgan fingerprint density at radius 1 is 0.406 bits per heavy atom. The van der Waals surface area contributed by atoms with Crippen LogP contribution in [0.3, 0.4) is 0 Å². The topological polar surface area (TPSA) is 231 Å². The van der Waals surface area contributed by atoms with Gasteiger partial charge in [0.15, 0.2) is 15.5 Å². The van der Waals surface area contributed by atoms with Gasteiger partial charge in [0.2, 0.25) is 5.69 Å². The molecular formula is C111H112F12N8O11S. The zero-order chi connectivity index (χ0) is 105. The third-order valence-corrected chi connectivity index (χ3v) is 27.0. The fourth-order valence-electron chi connectivity index (χ4n) is 18.3. The first-order valence-electron chi connectivity index (χ1n) is 46.2. The van der Waals surface area contributed by atoms with Crippen molar-refractivity contribution in [3.05, 3.63) is 358 Å². The maximum absolute atomic E-state index is 13.4. The van der Waals surface area contributed by atoms with Gasteiger partial charge >= 0.3 is 49.1 Å². The number of nitrogens with two attached hydrogens (primary N) is 1. The molecule has 9 aromatic carbocycles. The van der Waals surface area contributed by atoms with Gasteiger partial charge in [-0.1, -0.05) is 168 Å². The molecule has 32 heteroatoms. The first-order valence-corrected chi connectivity index (χ1v) is 48.1. The van der Waals surface area contributed by atoms with Crippen LogP contribution in [-0.4, -0.2) is 92.8 Å². The standard InChI is InChI=1S/C28H30F3N3O2.C28H27F3N2O2.C28H28F3NO4S.C27H27F3N2O3/c1-15(2)24-9-8-23(32)25(33-24)22-7-6-16(3)10-20(22)14-34-18(5)26(36-27(34)35)19-11-17(4)12-21(13-19)28(29,30)31;1-16(2)24-7-6-8-25(32-24)23-10-9-17(3)11-21(23)15-33-19(5)26(35-27(33)34)20-12-18(4)13-22(14-20)28(29,30)31;1-16-6-9-24(25-14-23(37(5,34)35)8-7-18(25)3)21(10-16)15-32-19(4)26(36-27(32)33)20-11-17(2)12-22(13-20)28(29,30)31;1-15-6-9-23(24-17(3)7-8-18(4)32(24)34)21(10-15)14-31-19(5)25(35-26(31)33)20-11-16(2)12-22(13-20)27(28,29)30/h6-13,15,18,26H,14,32H2,1-5H3;6-14,19,26H,1,15H2,2-5H3;6-14,19,26H,15H2,1-5H3;6-13,19,25H,14H2,1-5H3/t18-,26-;2*19-,26-;19-,25-/m0000/s1. The molecule has 19 nitrogen and oxygen atoms in total. The van der Waals surface area contributed by atoms with Crippen LogP contribution in [0.1, 0.15) is 218 Å². The molecule has 0 aliphatic carbocycles. The van der Waals surface area contributed by atoms with Crippen LogP contribution in [-0.2, 0) is 79.7 Å². The van der Waals surface area contributed by atoms with Crippen molar-refractivity contribution in [3.63, 3.8) is 0 Å². The highest BCUT2D eigenvalue weighted by Crippen LogP contribution is 2.47. The smallest absolute Gasteiger partial charge is 0.416 e. The zero-order valence-corrected chi connectivity index (χ0v) is 83.3. The number of sulfone groups is 1. The van der Waals surface area contributed by atoms with Gasteiger partial charge in [0.1, 0.15) is 24.4 Å². The molecule has 2 N–H and O–H groups in total. The first kappa shape index (κ1) is 106. The second kappa shape index (κ2) is 41.9. The van der Waals surface area contributed by atoms with E-state index in [0.29, 0.717) is 67.3 Å². The number of anilines is 1. The lowest BCUT2D eigenvalue weighted by Gasteiger charge is -2.23. The van der Waals surface area contributed by atoms with Crippen LogP contribution in [0.5, 0.6) is 0 Å². The summed E-state index contributed by atoms with van der Waals surface area (Å²) in [6, 6.07) is 54.2. The Bertz CT molecular complexity index is 7040. The number of allylic oxidation sites excluding steroid dienone is 1. The largest absolute Gasteiger partial charge is 0.618 e. The summed E-state index contributed by atoms with van der Waals surface area (Å²) in [4.78, 5) is 67.4. The van der Waals surface area contributed by atoms with E-state index >= 15 is 0 Å². The number of benzene rings is 9. The molecule has 752 valence electrons. The Balaban J connectivity index is 0.000000160. The Morgan fingerprint density at radius 3 is 1.10 bits per heavy atom. The average Bonchev–Trinajstić information content (AvgIpc) is 1.78. The van der Waals surface area contributed by atoms with Crippen LogP contribution >= 0.6 is 0 Å². The molecule has 0 spiro atoms. The van der Waals surface area contributed by atoms with Crippen LogP contribution < -0.4 is 10.5 Å². The van der Waals surface area contributed by atoms with Crippen molar-refractivity contribution < 1.29 is 104 Å². The van der Waals surface area contributed by atoms with E-state index in [0.717, 1.165) is 160 Å². The summed E-state index contributed by atoms with van der Waals surface area (Å²) in [5.74, 6) is 0.212. The lowest BCUT2D eigenvalue weighted by Crippen LogP contribution is -2.35. The number of ether oxygens (including phenoxy) is 4. The van der Waals surface area contributed by atoms with E-state index < -0.39 is 130 Å². The summed E-state index contributed by atoms with van der Waals surface area (Å²) in [6.07, 6.45) is -22.5. The van der Waals surface area contributed by atoms with E-state index in [1.54, 1.807) is 121 Å². The molecule has 4 saturated heterocycles. The summed E-state index contributed by atoms with van der Waals surface area (Å²) in [6.45, 7) is 37.3.